The molecule has 1 aliphatic heterocycles. The summed E-state index contributed by atoms with van der Waals surface area (Å²) in [4.78, 5) is 0.252. The van der Waals surface area contributed by atoms with Crippen LogP contribution in [-0.2, 0) is 23.0 Å². The van der Waals surface area contributed by atoms with Crippen molar-refractivity contribution in [2.24, 2.45) is 0 Å². The van der Waals surface area contributed by atoms with Gasteiger partial charge in [0.1, 0.15) is 10.6 Å². The standard InChI is InChI=1S/C18H21NO3S/c1-13-10-17(22-3)18(11-14(13)2)23(20,21)19-9-8-15-6-4-5-7-16(15)12-19/h4-7,10-11H,8-9,12H2,1-3H3. The quantitative estimate of drug-likeness (QED) is 0.868. The minimum absolute atomic E-state index is 0.252. The van der Waals surface area contributed by atoms with Crippen molar-refractivity contribution in [3.05, 3.63) is 58.7 Å². The maximum Gasteiger partial charge on any atom is 0.247 e. The van der Waals surface area contributed by atoms with Crippen LogP contribution in [0.3, 0.4) is 0 Å². The molecule has 1 aliphatic rings. The van der Waals surface area contributed by atoms with Crippen LogP contribution in [0.25, 0.3) is 0 Å². The lowest BCUT2D eigenvalue weighted by atomic mass is 10.0. The number of rotatable bonds is 3. The summed E-state index contributed by atoms with van der Waals surface area (Å²) in [6, 6.07) is 11.5. The van der Waals surface area contributed by atoms with Crippen LogP contribution in [0.4, 0.5) is 0 Å². The number of hydrogen-bond donors (Lipinski definition) is 0. The van der Waals surface area contributed by atoms with Crippen LogP contribution >= 0.6 is 0 Å². The van der Waals surface area contributed by atoms with Crippen molar-refractivity contribution >= 4 is 10.0 Å². The van der Waals surface area contributed by atoms with E-state index in [-0.39, 0.29) is 4.90 Å². The van der Waals surface area contributed by atoms with Gasteiger partial charge in [0.25, 0.3) is 0 Å². The lowest BCUT2D eigenvalue weighted by Crippen LogP contribution is -2.36. The van der Waals surface area contributed by atoms with Gasteiger partial charge in [-0.15, -0.1) is 0 Å². The first kappa shape index (κ1) is 16.0. The van der Waals surface area contributed by atoms with Crippen LogP contribution < -0.4 is 4.74 Å². The first-order chi connectivity index (χ1) is 10.9. The van der Waals surface area contributed by atoms with Gasteiger partial charge in [-0.05, 0) is 54.7 Å². The molecule has 0 saturated heterocycles. The summed E-state index contributed by atoms with van der Waals surface area (Å²) < 4.78 is 33.0. The van der Waals surface area contributed by atoms with Crippen molar-refractivity contribution < 1.29 is 13.2 Å². The van der Waals surface area contributed by atoms with Crippen LogP contribution in [-0.4, -0.2) is 26.4 Å². The topological polar surface area (TPSA) is 46.6 Å². The highest BCUT2D eigenvalue weighted by Gasteiger charge is 2.31. The van der Waals surface area contributed by atoms with Gasteiger partial charge in [-0.1, -0.05) is 24.3 Å². The van der Waals surface area contributed by atoms with E-state index in [9.17, 15) is 8.42 Å². The smallest absolute Gasteiger partial charge is 0.247 e. The number of ether oxygens (including phenoxy) is 1. The molecule has 0 spiro atoms. The number of aryl methyl sites for hydroxylation is 2. The van der Waals surface area contributed by atoms with Crippen LogP contribution in [0.5, 0.6) is 5.75 Å². The fourth-order valence-electron chi connectivity index (χ4n) is 2.94. The highest BCUT2D eigenvalue weighted by Crippen LogP contribution is 2.32. The first-order valence-electron chi connectivity index (χ1n) is 7.65. The SMILES string of the molecule is COc1cc(C)c(C)cc1S(=O)(=O)N1CCc2ccccc2C1. The number of methoxy groups -OCH3 is 1. The van der Waals surface area contributed by atoms with Crippen molar-refractivity contribution in [2.75, 3.05) is 13.7 Å². The van der Waals surface area contributed by atoms with Crippen molar-refractivity contribution in [2.45, 2.75) is 31.7 Å². The second-order valence-corrected chi connectivity index (χ2v) is 7.85. The van der Waals surface area contributed by atoms with E-state index in [0.717, 1.165) is 23.1 Å². The van der Waals surface area contributed by atoms with E-state index in [1.54, 1.807) is 16.4 Å². The first-order valence-corrected chi connectivity index (χ1v) is 9.09. The molecule has 0 aliphatic carbocycles. The average Bonchev–Trinajstić information content (AvgIpc) is 2.56. The second kappa shape index (κ2) is 5.98. The highest BCUT2D eigenvalue weighted by atomic mass is 32.2. The molecule has 122 valence electrons. The summed E-state index contributed by atoms with van der Waals surface area (Å²) >= 11 is 0. The Hall–Kier alpha value is -1.85. The maximum absolute atomic E-state index is 13.1. The Morgan fingerprint density at radius 2 is 1.70 bits per heavy atom. The number of sulfonamides is 1. The normalized spacial score (nSPS) is 15.3. The highest BCUT2D eigenvalue weighted by molar-refractivity contribution is 7.89. The molecule has 1 heterocycles. The molecule has 0 saturated carbocycles. The zero-order valence-electron chi connectivity index (χ0n) is 13.7. The molecule has 0 radical (unpaired) electrons. The minimum atomic E-state index is -3.58. The minimum Gasteiger partial charge on any atom is -0.495 e. The molecule has 5 heteroatoms. The van der Waals surface area contributed by atoms with Crippen LogP contribution in [0.2, 0.25) is 0 Å². The molecule has 23 heavy (non-hydrogen) atoms. The van der Waals surface area contributed by atoms with E-state index in [4.69, 9.17) is 4.74 Å². The van der Waals surface area contributed by atoms with Gasteiger partial charge < -0.3 is 4.74 Å². The zero-order valence-corrected chi connectivity index (χ0v) is 14.5. The summed E-state index contributed by atoms with van der Waals surface area (Å²) in [7, 11) is -2.07. The van der Waals surface area contributed by atoms with Gasteiger partial charge in [-0.25, -0.2) is 8.42 Å². The van der Waals surface area contributed by atoms with Gasteiger partial charge in [-0.2, -0.15) is 4.31 Å². The van der Waals surface area contributed by atoms with E-state index in [1.807, 2.05) is 32.0 Å². The monoisotopic (exact) mass is 331 g/mol. The van der Waals surface area contributed by atoms with Crippen LogP contribution in [0, 0.1) is 13.8 Å². The molecule has 2 aromatic carbocycles. The number of hydrogen-bond acceptors (Lipinski definition) is 3. The number of nitrogens with zero attached hydrogens (tertiary/aromatic N) is 1. The largest absolute Gasteiger partial charge is 0.495 e. The predicted molar refractivity (Wildman–Crippen MR) is 90.2 cm³/mol. The third-order valence-corrected chi connectivity index (χ3v) is 6.36. The Kier molecular flexibility index (Phi) is 4.17. The molecule has 0 N–H and O–H groups in total. The Labute approximate surface area is 137 Å². The Morgan fingerprint density at radius 1 is 1.04 bits per heavy atom. The Bertz CT molecular complexity index is 843. The summed E-state index contributed by atoms with van der Waals surface area (Å²) in [6.45, 7) is 4.77. The van der Waals surface area contributed by atoms with Gasteiger partial charge in [0.15, 0.2) is 0 Å². The van der Waals surface area contributed by atoms with E-state index < -0.39 is 10.0 Å². The molecule has 3 rings (SSSR count). The number of fused-ring (bicyclic) bond motifs is 1. The molecule has 0 bridgehead atoms. The molecular weight excluding hydrogens is 310 g/mol. The Balaban J connectivity index is 2.02. The third kappa shape index (κ3) is 2.86. The van der Waals surface area contributed by atoms with Gasteiger partial charge in [0.05, 0.1) is 7.11 Å². The third-order valence-electron chi connectivity index (χ3n) is 4.49. The van der Waals surface area contributed by atoms with Crippen molar-refractivity contribution in [1.82, 2.24) is 4.31 Å². The van der Waals surface area contributed by atoms with Crippen LogP contribution in [0.1, 0.15) is 22.3 Å². The van der Waals surface area contributed by atoms with E-state index >= 15 is 0 Å². The molecule has 0 unspecified atom stereocenters. The molecule has 2 aromatic rings. The van der Waals surface area contributed by atoms with E-state index in [1.165, 1.54) is 12.7 Å². The molecule has 0 fully saturated rings. The molecule has 0 aromatic heterocycles. The van der Waals surface area contributed by atoms with Crippen molar-refractivity contribution in [1.29, 1.82) is 0 Å². The van der Waals surface area contributed by atoms with E-state index in [2.05, 4.69) is 6.07 Å². The van der Waals surface area contributed by atoms with Crippen molar-refractivity contribution in [3.63, 3.8) is 0 Å². The van der Waals surface area contributed by atoms with E-state index in [0.29, 0.717) is 18.8 Å². The average molecular weight is 331 g/mol. The summed E-state index contributed by atoms with van der Waals surface area (Å²) in [5, 5.41) is 0. The lowest BCUT2D eigenvalue weighted by molar-refractivity contribution is 0.377. The molecule has 0 amide bonds. The van der Waals surface area contributed by atoms with Gasteiger partial charge in [-0.3, -0.25) is 0 Å². The fourth-order valence-corrected chi connectivity index (χ4v) is 4.58. The maximum atomic E-state index is 13.1. The van der Waals surface area contributed by atoms with Gasteiger partial charge in [0, 0.05) is 13.1 Å². The lowest BCUT2D eigenvalue weighted by Gasteiger charge is -2.28. The second-order valence-electron chi connectivity index (χ2n) is 5.94. The van der Waals surface area contributed by atoms with Gasteiger partial charge in [0.2, 0.25) is 10.0 Å². The predicted octanol–water partition coefficient (Wildman–Crippen LogP) is 3.06. The fraction of sp³-hybridized carbons (Fsp3) is 0.333. The van der Waals surface area contributed by atoms with Crippen LogP contribution in [0.15, 0.2) is 41.3 Å². The van der Waals surface area contributed by atoms with Gasteiger partial charge >= 0.3 is 0 Å². The summed E-state index contributed by atoms with van der Waals surface area (Å²) in [5.74, 6) is 0.409. The van der Waals surface area contributed by atoms with Crippen molar-refractivity contribution in [3.8, 4) is 5.75 Å². The molecule has 4 nitrogen and oxygen atoms in total. The zero-order chi connectivity index (χ0) is 16.6. The summed E-state index contributed by atoms with van der Waals surface area (Å²) in [6.07, 6.45) is 0.739. The molecular formula is C18H21NO3S. The Morgan fingerprint density at radius 3 is 2.39 bits per heavy atom. The summed E-state index contributed by atoms with van der Waals surface area (Å²) in [5.41, 5.74) is 4.27. The molecule has 0 atom stereocenters. The number of benzene rings is 2.